The molecule has 0 fully saturated rings. The summed E-state index contributed by atoms with van der Waals surface area (Å²) >= 11 is 0. The molecule has 0 saturated carbocycles. The average molecular weight is 405 g/mol. The molecule has 0 rings (SSSR count). The van der Waals surface area contributed by atoms with E-state index in [1.165, 1.54) is 0 Å². The number of halogens is 7. The Kier molecular flexibility index (Phi) is 27.0. The maximum absolute atomic E-state index is 10.7. The highest BCUT2D eigenvalue weighted by molar-refractivity contribution is 7.86. The predicted molar refractivity (Wildman–Crippen MR) is 62.8 cm³/mol. The largest absolute Gasteiger partial charge is 0.674 e. The Morgan fingerprint density at radius 2 is 0.625 bits per heavy atom. The molecule has 146 valence electrons. The highest BCUT2D eigenvalue weighted by Crippen LogP contribution is 2.20. The molecule has 0 aromatic carbocycles. The van der Waals surface area contributed by atoms with E-state index in [4.69, 9.17) is 53.2 Å². The smallest absolute Gasteiger partial charge is 0.398 e. The lowest BCUT2D eigenvalue weighted by Crippen LogP contribution is -2.21. The number of alkyl halides is 3. The van der Waals surface area contributed by atoms with Crippen LogP contribution in [0, 0.1) is 0 Å². The maximum Gasteiger partial charge on any atom is 0.674 e. The first kappa shape index (κ1) is 34.6. The fourth-order valence-electron chi connectivity index (χ4n) is 0. The van der Waals surface area contributed by atoms with Crippen LogP contribution in [-0.4, -0.2) is 88.3 Å². The van der Waals surface area contributed by atoms with Crippen LogP contribution in [0.3, 0.4) is 0 Å². The fourth-order valence-corrected chi connectivity index (χ4v) is 0. The van der Waals surface area contributed by atoms with E-state index < -0.39 is 45.2 Å². The molecule has 0 aliphatic heterocycles. The minimum atomic E-state index is -5.84. The van der Waals surface area contributed by atoms with Gasteiger partial charge in [0.25, 0.3) is 0 Å². The van der Waals surface area contributed by atoms with Crippen LogP contribution < -0.4 is 0 Å². The van der Waals surface area contributed by atoms with Crippen molar-refractivity contribution in [3.63, 3.8) is 0 Å². The van der Waals surface area contributed by atoms with E-state index in [9.17, 15) is 30.4 Å². The Balaban J connectivity index is -0.0000000657. The Morgan fingerprint density at radius 1 is 0.583 bits per heavy atom. The summed E-state index contributed by atoms with van der Waals surface area (Å²) in [7, 11) is -16.5. The summed E-state index contributed by atoms with van der Waals surface area (Å²) in [5.41, 5.74) is -5.53. The van der Waals surface area contributed by atoms with Crippen molar-refractivity contribution in [3.05, 3.63) is 0 Å². The first-order valence-electron chi connectivity index (χ1n) is 4.23. The third-order valence-electron chi connectivity index (χ3n) is 0.292. The zero-order valence-electron chi connectivity index (χ0n) is 10.7. The zero-order chi connectivity index (χ0) is 21.3. The van der Waals surface area contributed by atoms with Crippen molar-refractivity contribution in [2.24, 2.45) is 0 Å². The van der Waals surface area contributed by atoms with Crippen LogP contribution in [-0.2, 0) is 10.1 Å². The minimum Gasteiger partial charge on any atom is -0.398 e. The highest BCUT2D eigenvalue weighted by Gasteiger charge is 2.44. The molecule has 9 N–H and O–H groups in total. The lowest BCUT2D eigenvalue weighted by Gasteiger charge is -1.97. The average Bonchev–Trinajstić information content (AvgIpc) is 2.08. The fraction of sp³-hybridized carbons (Fsp3) is 1.00. The highest BCUT2D eigenvalue weighted by atomic mass is 32.2. The van der Waals surface area contributed by atoms with Crippen LogP contribution in [0.2, 0.25) is 0 Å². The molecule has 0 spiro atoms. The van der Waals surface area contributed by atoms with Crippen LogP contribution in [0.5, 0.6) is 0 Å². The van der Waals surface area contributed by atoms with Gasteiger partial charge in [0.15, 0.2) is 0 Å². The second-order valence-corrected chi connectivity index (χ2v) is 3.58. The Hall–Kier alpha value is -0.640. The van der Waals surface area contributed by atoms with E-state index in [0.29, 0.717) is 0 Å². The van der Waals surface area contributed by atoms with Gasteiger partial charge in [-0.3, -0.25) is 21.8 Å². The van der Waals surface area contributed by atoms with Crippen molar-refractivity contribution < 1.29 is 83.6 Å². The molecule has 0 bridgehead atoms. The molecule has 0 aromatic heterocycles. The Labute approximate surface area is 130 Å². The van der Waals surface area contributed by atoms with E-state index in [1.54, 1.807) is 0 Å². The molecule has 11 nitrogen and oxygen atoms in total. The Bertz CT molecular complexity index is 299. The van der Waals surface area contributed by atoms with E-state index in [2.05, 4.69) is 0 Å². The monoisotopic (exact) mass is 406 g/mol. The van der Waals surface area contributed by atoms with Crippen molar-refractivity contribution in [1.29, 1.82) is 0 Å². The summed E-state index contributed by atoms with van der Waals surface area (Å²) in [6.07, 6.45) is 0. The molecular formula is CH9B4F7O11S. The van der Waals surface area contributed by atoms with E-state index in [0.717, 1.165) is 0 Å². The standard InChI is InChI=1S/CHF3O3S.4BFH2O2/c2-1(3,4)8(5,6)7;4*2-1(3)4/h(H,5,6,7);4*3-4H. The van der Waals surface area contributed by atoms with Crippen molar-refractivity contribution in [3.8, 4) is 0 Å². The summed E-state index contributed by atoms with van der Waals surface area (Å²) in [6.45, 7) is 0. The summed E-state index contributed by atoms with van der Waals surface area (Å²) in [6, 6.07) is 0. The first-order valence-corrected chi connectivity index (χ1v) is 5.67. The van der Waals surface area contributed by atoms with Gasteiger partial charge in [0, 0.05) is 0 Å². The quantitative estimate of drug-likeness (QED) is 0.0821. The number of hydrogen-bond donors (Lipinski definition) is 9. The topological polar surface area (TPSA) is 216 Å². The molecule has 23 heteroatoms. The molecule has 0 atom stereocenters. The molecule has 24 heavy (non-hydrogen) atoms. The van der Waals surface area contributed by atoms with Crippen molar-refractivity contribution in [2.75, 3.05) is 0 Å². The van der Waals surface area contributed by atoms with Crippen LogP contribution in [0.15, 0.2) is 0 Å². The van der Waals surface area contributed by atoms with Gasteiger partial charge in [0.2, 0.25) is 0 Å². The van der Waals surface area contributed by atoms with Gasteiger partial charge in [0.1, 0.15) is 0 Å². The minimum absolute atomic E-state index is 2.67. The molecule has 0 aliphatic rings. The molecule has 0 unspecified atom stereocenters. The molecule has 0 aliphatic carbocycles. The van der Waals surface area contributed by atoms with Crippen LogP contribution >= 0.6 is 0 Å². The third kappa shape index (κ3) is 127. The van der Waals surface area contributed by atoms with Gasteiger partial charge in [-0.2, -0.15) is 21.6 Å². The van der Waals surface area contributed by atoms with Gasteiger partial charge in [-0.25, -0.2) is 0 Å². The predicted octanol–water partition coefficient (Wildman–Crippen LogP) is -3.90. The second-order valence-electron chi connectivity index (χ2n) is 2.16. The van der Waals surface area contributed by atoms with Gasteiger partial charge in [-0.1, -0.05) is 0 Å². The molecule has 0 radical (unpaired) electrons. The van der Waals surface area contributed by atoms with Crippen molar-refractivity contribution in [1.82, 2.24) is 0 Å². The summed E-state index contributed by atoms with van der Waals surface area (Å²) < 4.78 is 98.0. The summed E-state index contributed by atoms with van der Waals surface area (Å²) in [5.74, 6) is 0. The van der Waals surface area contributed by atoms with Crippen LogP contribution in [0.4, 0.5) is 30.4 Å². The van der Waals surface area contributed by atoms with E-state index in [-0.39, 0.29) is 0 Å². The number of rotatable bonds is 0. The van der Waals surface area contributed by atoms with Crippen molar-refractivity contribution in [2.45, 2.75) is 5.51 Å². The van der Waals surface area contributed by atoms with Gasteiger partial charge >= 0.3 is 45.2 Å². The Morgan fingerprint density at radius 3 is 0.625 bits per heavy atom. The maximum atomic E-state index is 10.7. The van der Waals surface area contributed by atoms with Crippen LogP contribution in [0.1, 0.15) is 0 Å². The lowest BCUT2D eigenvalue weighted by atomic mass is 10.3. The van der Waals surface area contributed by atoms with E-state index in [1.807, 2.05) is 0 Å². The number of hydrogen-bond acceptors (Lipinski definition) is 10. The molecule has 0 heterocycles. The van der Waals surface area contributed by atoms with Crippen molar-refractivity contribution >= 4 is 39.7 Å². The summed E-state index contributed by atoms with van der Waals surface area (Å²) in [4.78, 5) is 0. The SMILES string of the molecule is O=S(=O)(O)C(F)(F)F.OB(O)F.OB(O)F.OB(O)F.OB(O)F. The van der Waals surface area contributed by atoms with Gasteiger partial charge in [-0.15, -0.1) is 0 Å². The second kappa shape index (κ2) is 18.7. The molecule has 0 aromatic rings. The third-order valence-corrected chi connectivity index (χ3v) is 0.877. The van der Waals surface area contributed by atoms with Gasteiger partial charge in [0.05, 0.1) is 0 Å². The first-order chi connectivity index (χ1) is 10.2. The van der Waals surface area contributed by atoms with E-state index >= 15 is 0 Å². The summed E-state index contributed by atoms with van der Waals surface area (Å²) in [5, 5.41) is 55.6. The van der Waals surface area contributed by atoms with Gasteiger partial charge in [-0.05, 0) is 0 Å². The van der Waals surface area contributed by atoms with Crippen LogP contribution in [0.25, 0.3) is 0 Å². The zero-order valence-corrected chi connectivity index (χ0v) is 11.5. The molecular weight excluding hydrogens is 396 g/mol. The molecule has 0 amide bonds. The molecule has 0 saturated heterocycles. The van der Waals surface area contributed by atoms with Gasteiger partial charge < -0.3 is 40.2 Å². The normalized spacial score (nSPS) is 9.17. The lowest BCUT2D eigenvalue weighted by molar-refractivity contribution is -0.0510.